The summed E-state index contributed by atoms with van der Waals surface area (Å²) < 4.78 is 127. The van der Waals surface area contributed by atoms with E-state index in [1.165, 1.54) is 5.56 Å². The second kappa shape index (κ2) is 11.2. The normalized spacial score (nSPS) is 13.6. The molecule has 1 heterocycles. The van der Waals surface area contributed by atoms with Gasteiger partial charge in [0.25, 0.3) is 0 Å². The molecule has 0 aliphatic rings. The fraction of sp³-hybridized carbons (Fsp3) is 0.643. The maximum Gasteiger partial charge on any atom is 0.569 e. The van der Waals surface area contributed by atoms with Crippen molar-refractivity contribution < 1.29 is 61.0 Å². The zero-order valence-corrected chi connectivity index (χ0v) is 20.1. The van der Waals surface area contributed by atoms with Crippen LogP contribution in [0.25, 0.3) is 4.13 Å². The van der Waals surface area contributed by atoms with Crippen LogP contribution in [0.4, 0.5) is 26.3 Å². The summed E-state index contributed by atoms with van der Waals surface area (Å²) in [5.41, 5.74) is -11.1. The van der Waals surface area contributed by atoms with Gasteiger partial charge in [0.1, 0.15) is 0 Å². The van der Waals surface area contributed by atoms with Gasteiger partial charge in [0, 0.05) is 33.5 Å². The SMILES string of the molecule is CO[Si](C[n+]1ccc(C(C)C)cc1)(OC)OC.O=S(=O)([N-]S(=O)(=O)C(F)(F)F)C(F)(F)F. The van der Waals surface area contributed by atoms with Crippen molar-refractivity contribution in [2.24, 2.45) is 0 Å². The molecule has 18 heteroatoms. The van der Waals surface area contributed by atoms with Crippen molar-refractivity contribution >= 4 is 28.9 Å². The fourth-order valence-corrected chi connectivity index (χ4v) is 5.10. The van der Waals surface area contributed by atoms with Crippen LogP contribution >= 0.6 is 0 Å². The summed E-state index contributed by atoms with van der Waals surface area (Å²) in [6.45, 7) is 4.36. The smallest absolute Gasteiger partial charge is 0.421 e. The van der Waals surface area contributed by atoms with Crippen LogP contribution in [-0.4, -0.2) is 58.0 Å². The number of rotatable bonds is 8. The molecule has 0 atom stereocenters. The number of hydrogen-bond donors (Lipinski definition) is 0. The van der Waals surface area contributed by atoms with Gasteiger partial charge in [-0.05, 0) is 11.5 Å². The third-order valence-corrected chi connectivity index (χ3v) is 9.03. The number of alkyl halides is 6. The van der Waals surface area contributed by atoms with Crippen molar-refractivity contribution in [1.29, 1.82) is 0 Å². The third-order valence-electron chi connectivity index (χ3n) is 3.67. The Labute approximate surface area is 182 Å². The lowest BCUT2D eigenvalue weighted by molar-refractivity contribution is -0.685. The van der Waals surface area contributed by atoms with Crippen LogP contribution < -0.4 is 4.57 Å². The first-order chi connectivity index (χ1) is 14.3. The number of sulfonamides is 2. The molecule has 0 saturated carbocycles. The van der Waals surface area contributed by atoms with E-state index in [1.54, 1.807) is 21.3 Å². The molecule has 0 aliphatic heterocycles. The molecule has 0 saturated heterocycles. The predicted octanol–water partition coefficient (Wildman–Crippen LogP) is 2.57. The molecule has 0 spiro atoms. The monoisotopic (exact) mass is 536 g/mol. The lowest BCUT2D eigenvalue weighted by Crippen LogP contribution is -2.56. The molecule has 0 unspecified atom stereocenters. The summed E-state index contributed by atoms with van der Waals surface area (Å²) in [6, 6.07) is 4.23. The summed E-state index contributed by atoms with van der Waals surface area (Å²) >= 11 is 0. The quantitative estimate of drug-likeness (QED) is 0.285. The number of nitrogens with zero attached hydrogens (tertiary/aromatic N) is 2. The third kappa shape index (κ3) is 8.56. The summed E-state index contributed by atoms with van der Waals surface area (Å²) in [6.07, 6.45) is 4.69. The second-order valence-corrected chi connectivity index (χ2v) is 12.5. The average Bonchev–Trinajstić information content (AvgIpc) is 2.64. The van der Waals surface area contributed by atoms with Gasteiger partial charge in [-0.3, -0.25) is 0 Å². The van der Waals surface area contributed by atoms with Gasteiger partial charge in [0.15, 0.2) is 32.4 Å². The minimum atomic E-state index is -6.72. The van der Waals surface area contributed by atoms with E-state index in [-0.39, 0.29) is 0 Å². The zero-order valence-electron chi connectivity index (χ0n) is 17.4. The minimum absolute atomic E-state index is 0.541. The summed E-state index contributed by atoms with van der Waals surface area (Å²) in [7, 11) is -11.1. The predicted molar refractivity (Wildman–Crippen MR) is 101 cm³/mol. The molecule has 0 fully saturated rings. The van der Waals surface area contributed by atoms with E-state index >= 15 is 0 Å². The van der Waals surface area contributed by atoms with Gasteiger partial charge in [0.2, 0.25) is 6.17 Å². The maximum absolute atomic E-state index is 11.4. The Morgan fingerprint density at radius 2 is 1.22 bits per heavy atom. The van der Waals surface area contributed by atoms with Crippen LogP contribution in [0.15, 0.2) is 24.5 Å². The van der Waals surface area contributed by atoms with Crippen LogP contribution in [0.1, 0.15) is 25.3 Å². The highest BCUT2D eigenvalue weighted by atomic mass is 32.3. The van der Waals surface area contributed by atoms with Crippen molar-refractivity contribution in [3.05, 3.63) is 34.2 Å². The molecule has 0 N–H and O–H groups in total. The van der Waals surface area contributed by atoms with Crippen molar-refractivity contribution in [3.8, 4) is 0 Å². The molecule has 1 aromatic heterocycles. The molecule has 1 aromatic rings. The van der Waals surface area contributed by atoms with Crippen LogP contribution in [0.3, 0.4) is 0 Å². The van der Waals surface area contributed by atoms with Crippen molar-refractivity contribution in [3.63, 3.8) is 0 Å². The second-order valence-electron chi connectivity index (χ2n) is 6.17. The molecule has 1 rings (SSSR count). The summed E-state index contributed by atoms with van der Waals surface area (Å²) in [4.78, 5) is 0. The standard InChI is InChI=1S/C12H22NO3Si.C2F6NO4S2/c1-11(2)12-6-8-13(9-7-12)10-17(14-3,15-4)16-5;3-1(4,5)14(10,11)9-15(12,13)2(6,7)8/h6-9,11H,10H2,1-5H3;/q+1;-1. The van der Waals surface area contributed by atoms with Gasteiger partial charge in [0.05, 0.1) is 0 Å². The average molecular weight is 537 g/mol. The molecule has 0 bridgehead atoms. The fourth-order valence-electron chi connectivity index (χ4n) is 1.84. The summed E-state index contributed by atoms with van der Waals surface area (Å²) in [5, 5.41) is 0. The van der Waals surface area contributed by atoms with E-state index < -0.39 is 39.9 Å². The molecule has 32 heavy (non-hydrogen) atoms. The number of halogens is 6. The number of aromatic nitrogens is 1. The number of hydrogen-bond acceptors (Lipinski definition) is 7. The van der Waals surface area contributed by atoms with Gasteiger partial charge >= 0.3 is 19.8 Å². The van der Waals surface area contributed by atoms with E-state index in [0.717, 1.165) is 4.13 Å². The van der Waals surface area contributed by atoms with Gasteiger partial charge < -0.3 is 17.4 Å². The number of pyridine rings is 1. The molecular weight excluding hydrogens is 514 g/mol. The van der Waals surface area contributed by atoms with Crippen LogP contribution in [0, 0.1) is 0 Å². The minimum Gasteiger partial charge on any atom is -0.421 e. The van der Waals surface area contributed by atoms with E-state index in [9.17, 15) is 43.2 Å². The first-order valence-corrected chi connectivity index (χ1v) is 13.1. The summed E-state index contributed by atoms with van der Waals surface area (Å²) in [5.74, 6) is 0.541. The molecule has 188 valence electrons. The Bertz CT molecular complexity index is 882. The van der Waals surface area contributed by atoms with E-state index in [2.05, 4.69) is 26.0 Å². The first-order valence-electron chi connectivity index (χ1n) is 8.28. The maximum atomic E-state index is 11.4. The van der Waals surface area contributed by atoms with Crippen LogP contribution in [0.2, 0.25) is 0 Å². The van der Waals surface area contributed by atoms with Gasteiger partial charge in [-0.2, -0.15) is 26.3 Å². The Hall–Kier alpha value is -1.31. The molecular formula is C14H22F6N2O7S2Si. The van der Waals surface area contributed by atoms with Crippen LogP contribution in [0.5, 0.6) is 0 Å². The van der Waals surface area contributed by atoms with E-state index in [1.807, 2.05) is 17.0 Å². The molecule has 0 aromatic carbocycles. The molecule has 0 amide bonds. The Morgan fingerprint density at radius 3 is 1.47 bits per heavy atom. The van der Waals surface area contributed by atoms with Crippen molar-refractivity contribution in [2.75, 3.05) is 21.3 Å². The molecule has 0 radical (unpaired) electrons. The molecule has 0 aliphatic carbocycles. The molecule has 9 nitrogen and oxygen atoms in total. The highest BCUT2D eigenvalue weighted by molar-refractivity contribution is 8.13. The Morgan fingerprint density at radius 1 is 0.875 bits per heavy atom. The Kier molecular flexibility index (Phi) is 10.7. The largest absolute Gasteiger partial charge is 0.569 e. The lowest BCUT2D eigenvalue weighted by atomic mass is 10.1. The van der Waals surface area contributed by atoms with Gasteiger partial charge in [-0.15, -0.1) is 0 Å². The highest BCUT2D eigenvalue weighted by Gasteiger charge is 2.47. The van der Waals surface area contributed by atoms with E-state index in [0.29, 0.717) is 12.1 Å². The van der Waals surface area contributed by atoms with Crippen molar-refractivity contribution in [2.45, 2.75) is 37.0 Å². The highest BCUT2D eigenvalue weighted by Crippen LogP contribution is 2.36. The lowest BCUT2D eigenvalue weighted by Gasteiger charge is -2.22. The van der Waals surface area contributed by atoms with Gasteiger partial charge in [-0.1, -0.05) is 13.8 Å². The van der Waals surface area contributed by atoms with Crippen molar-refractivity contribution in [1.82, 2.24) is 0 Å². The van der Waals surface area contributed by atoms with Gasteiger partial charge in [-0.25, -0.2) is 21.4 Å². The van der Waals surface area contributed by atoms with E-state index in [4.69, 9.17) is 13.3 Å². The Balaban J connectivity index is 0.000000607. The first kappa shape index (κ1) is 30.7. The zero-order chi connectivity index (χ0) is 25.6. The topological polar surface area (TPSA) is 114 Å². The van der Waals surface area contributed by atoms with Crippen LogP contribution in [-0.2, 0) is 39.5 Å².